The van der Waals surface area contributed by atoms with E-state index in [1.54, 1.807) is 0 Å². The van der Waals surface area contributed by atoms with Gasteiger partial charge in [-0.3, -0.25) is 0 Å². The summed E-state index contributed by atoms with van der Waals surface area (Å²) >= 11 is 0. The van der Waals surface area contributed by atoms with E-state index in [-0.39, 0.29) is 47.4 Å². The third-order valence-corrected chi connectivity index (χ3v) is 10.8. The summed E-state index contributed by atoms with van der Waals surface area (Å²) in [6.07, 6.45) is 1.98. The van der Waals surface area contributed by atoms with E-state index >= 15 is 0 Å². The minimum atomic E-state index is -1.04. The molecule has 0 N–H and O–H groups in total. The molecule has 228 valence electrons. The summed E-state index contributed by atoms with van der Waals surface area (Å²) in [6.45, 7) is 0. The van der Waals surface area contributed by atoms with Crippen LogP contribution >= 0.6 is 0 Å². The van der Waals surface area contributed by atoms with Gasteiger partial charge in [-0.15, -0.1) is 0 Å². The van der Waals surface area contributed by atoms with Crippen LogP contribution in [0.25, 0.3) is 56.4 Å². The van der Waals surface area contributed by atoms with Gasteiger partial charge >= 0.3 is 0 Å². The molecule has 6 aromatic carbocycles. The Morgan fingerprint density at radius 1 is 0.396 bits per heavy atom. The molecule has 0 bridgehead atoms. The van der Waals surface area contributed by atoms with Gasteiger partial charge in [0.15, 0.2) is 17.5 Å². The third-order valence-electron chi connectivity index (χ3n) is 10.8. The Bertz CT molecular complexity index is 2670. The van der Waals surface area contributed by atoms with E-state index < -0.39 is 22.9 Å². The van der Waals surface area contributed by atoms with Crippen LogP contribution < -0.4 is 0 Å². The highest BCUT2D eigenvalue weighted by Gasteiger charge is 2.52. The van der Waals surface area contributed by atoms with Gasteiger partial charge in [-0.1, -0.05) is 145 Å². The molecule has 0 radical (unpaired) electrons. The lowest BCUT2D eigenvalue weighted by molar-refractivity contribution is 0.265. The molecule has 0 amide bonds. The zero-order valence-electron chi connectivity index (χ0n) is 34.0. The second kappa shape index (κ2) is 10.4. The first-order valence-electron chi connectivity index (χ1n) is 20.4. The average Bonchev–Trinajstić information content (AvgIpc) is 3.69. The molecule has 0 unspecified atom stereocenters. The van der Waals surface area contributed by atoms with Crippen molar-refractivity contribution in [1.82, 2.24) is 15.0 Å². The number of hydrogen-bond acceptors (Lipinski definition) is 3. The Kier molecular flexibility index (Phi) is 4.46. The molecule has 1 aromatic heterocycles. The average molecular weight is 624 g/mol. The molecule has 1 fully saturated rings. The van der Waals surface area contributed by atoms with Crippen molar-refractivity contribution in [1.29, 1.82) is 0 Å². The second-order valence-corrected chi connectivity index (χ2v) is 13.0. The Morgan fingerprint density at radius 2 is 0.854 bits per heavy atom. The highest BCUT2D eigenvalue weighted by molar-refractivity contribution is 5.85. The summed E-state index contributed by atoms with van der Waals surface area (Å²) in [5.74, 6) is 1.69. The molecule has 3 aliphatic rings. The highest BCUT2D eigenvalue weighted by atomic mass is 15.0. The van der Waals surface area contributed by atoms with Crippen molar-refractivity contribution in [2.45, 2.75) is 36.5 Å². The monoisotopic (exact) mass is 623 g/mol. The van der Waals surface area contributed by atoms with Gasteiger partial charge in [0.05, 0.1) is 11.0 Å². The van der Waals surface area contributed by atoms with Gasteiger partial charge in [-0.05, 0) is 76.3 Å². The third kappa shape index (κ3) is 3.91. The molecule has 48 heavy (non-hydrogen) atoms. The van der Waals surface area contributed by atoms with Crippen molar-refractivity contribution < 1.29 is 11.0 Å². The Labute approximate surface area is 292 Å². The second-order valence-electron chi connectivity index (χ2n) is 13.0. The largest absolute Gasteiger partial charge is 0.208 e. The molecule has 3 nitrogen and oxygen atoms in total. The summed E-state index contributed by atoms with van der Waals surface area (Å²) in [7, 11) is 0. The minimum Gasteiger partial charge on any atom is -0.208 e. The maximum atomic E-state index is 9.19. The van der Waals surface area contributed by atoms with E-state index in [1.807, 2.05) is 66.7 Å². The van der Waals surface area contributed by atoms with E-state index in [0.717, 1.165) is 33.4 Å². The molecule has 7 aromatic rings. The van der Waals surface area contributed by atoms with E-state index in [9.17, 15) is 2.74 Å². The van der Waals surface area contributed by atoms with Crippen LogP contribution in [0.2, 0.25) is 0 Å². The van der Waals surface area contributed by atoms with Gasteiger partial charge in [0.25, 0.3) is 0 Å². The summed E-state index contributed by atoms with van der Waals surface area (Å²) in [5, 5.41) is 0. The van der Waals surface area contributed by atoms with Crippen LogP contribution in [-0.2, 0) is 10.8 Å². The quantitative estimate of drug-likeness (QED) is 0.197. The molecule has 10 rings (SSSR count). The van der Waals surface area contributed by atoms with E-state index in [4.69, 9.17) is 23.2 Å². The van der Waals surface area contributed by atoms with Crippen LogP contribution in [0.1, 0.15) is 58.9 Å². The number of benzene rings is 6. The Balaban J connectivity index is 1.15. The molecule has 3 aliphatic carbocycles. The number of aromatic nitrogens is 3. The molecule has 2 spiro atoms. The molecule has 0 saturated heterocycles. The van der Waals surface area contributed by atoms with E-state index in [1.165, 1.54) is 5.56 Å². The molecule has 3 heteroatoms. The number of hydrogen-bond donors (Lipinski definition) is 0. The maximum Gasteiger partial charge on any atom is 0.164 e. The van der Waals surface area contributed by atoms with Crippen molar-refractivity contribution in [3.8, 4) is 56.4 Å². The predicted molar refractivity (Wildman–Crippen MR) is 193 cm³/mol. The fraction of sp³-hybridized carbons (Fsp3) is 0.133. The van der Waals surface area contributed by atoms with Crippen molar-refractivity contribution in [2.75, 3.05) is 0 Å². The molecular formula is C45H33N3. The van der Waals surface area contributed by atoms with Crippen LogP contribution in [0.4, 0.5) is 0 Å². The first-order valence-corrected chi connectivity index (χ1v) is 16.4. The summed E-state index contributed by atoms with van der Waals surface area (Å²) < 4.78 is 70.7. The molecular weight excluding hydrogens is 583 g/mol. The fourth-order valence-electron chi connectivity index (χ4n) is 8.52. The van der Waals surface area contributed by atoms with Crippen LogP contribution in [0.5, 0.6) is 0 Å². The van der Waals surface area contributed by atoms with Gasteiger partial charge in [-0.25, -0.2) is 15.0 Å². The van der Waals surface area contributed by atoms with Gasteiger partial charge in [0, 0.05) is 27.5 Å². The van der Waals surface area contributed by atoms with Crippen LogP contribution in [0.15, 0.2) is 151 Å². The Hall–Kier alpha value is -5.67. The number of nitrogens with zero attached hydrogens (tertiary/aromatic N) is 3. The summed E-state index contributed by atoms with van der Waals surface area (Å²) in [5.41, 5.74) is 6.77. The molecule has 1 saturated carbocycles. The molecule has 1 heterocycles. The van der Waals surface area contributed by atoms with Crippen LogP contribution in [0, 0.1) is 0 Å². The number of fused-ring (bicyclic) bond motifs is 10. The van der Waals surface area contributed by atoms with Crippen molar-refractivity contribution in [2.24, 2.45) is 0 Å². The topological polar surface area (TPSA) is 38.7 Å². The zero-order valence-corrected chi connectivity index (χ0v) is 26.0. The zero-order chi connectivity index (χ0) is 38.7. The molecule has 0 atom stereocenters. The highest BCUT2D eigenvalue weighted by Crippen LogP contribution is 2.63. The SMILES string of the molecule is [2H]c1c([2H])c([2H])c2c(c1[2H])-c1c([2H])c([2H])c([2H])c([2H])c1C21CCC2(CC1)c1ccccc1-c1ccc(-c3nc(-c4ccccc4)nc(-c4ccccc4)n3)cc12. The Morgan fingerprint density at radius 3 is 1.44 bits per heavy atom. The standard InChI is InChI=1S/C45H33N3/c1-3-13-30(14-4-1)41-46-42(31-15-5-2-6-16-31)48-43(47-41)32-23-24-36-35-19-9-12-22-39(35)45(40(36)29-32)27-25-44(26-28-45)37-20-10-7-17-33(37)34-18-8-11-21-38(34)44/h1-24,29H,25-28H2/i7D,8D,10D,11D,17D,18D,20D,21D. The normalized spacial score (nSPS) is 18.2. The smallest absolute Gasteiger partial charge is 0.164 e. The minimum absolute atomic E-state index is 0.183. The van der Waals surface area contributed by atoms with E-state index in [2.05, 4.69) is 36.4 Å². The predicted octanol–water partition coefficient (Wildman–Crippen LogP) is 10.7. The number of rotatable bonds is 3. The summed E-state index contributed by atoms with van der Waals surface area (Å²) in [4.78, 5) is 14.9. The lowest BCUT2D eigenvalue weighted by Gasteiger charge is -2.45. The van der Waals surface area contributed by atoms with Crippen LogP contribution in [-0.4, -0.2) is 15.0 Å². The van der Waals surface area contributed by atoms with Gasteiger partial charge in [-0.2, -0.15) is 0 Å². The summed E-state index contributed by atoms with van der Waals surface area (Å²) in [6, 6.07) is 32.1. The van der Waals surface area contributed by atoms with Gasteiger partial charge in [0.1, 0.15) is 0 Å². The lowest BCUT2D eigenvalue weighted by Crippen LogP contribution is -2.39. The van der Waals surface area contributed by atoms with Gasteiger partial charge < -0.3 is 0 Å². The van der Waals surface area contributed by atoms with Crippen molar-refractivity contribution in [3.63, 3.8) is 0 Å². The van der Waals surface area contributed by atoms with Crippen LogP contribution in [0.3, 0.4) is 0 Å². The molecule has 0 aliphatic heterocycles. The fourth-order valence-corrected chi connectivity index (χ4v) is 8.52. The van der Waals surface area contributed by atoms with Crippen molar-refractivity contribution in [3.05, 3.63) is 174 Å². The first-order chi connectivity index (χ1) is 27.1. The van der Waals surface area contributed by atoms with E-state index in [0.29, 0.717) is 54.3 Å². The lowest BCUT2D eigenvalue weighted by atomic mass is 9.57. The maximum absolute atomic E-state index is 9.19. The first kappa shape index (κ1) is 20.5. The van der Waals surface area contributed by atoms with Gasteiger partial charge in [0.2, 0.25) is 0 Å². The van der Waals surface area contributed by atoms with Crippen molar-refractivity contribution >= 4 is 0 Å².